The molecule has 30 heavy (non-hydrogen) atoms. The van der Waals surface area contributed by atoms with Crippen LogP contribution in [-0.2, 0) is 14.8 Å². The molecule has 1 N–H and O–H groups in total. The van der Waals surface area contributed by atoms with Gasteiger partial charge in [-0.15, -0.1) is 0 Å². The van der Waals surface area contributed by atoms with E-state index in [1.165, 1.54) is 18.2 Å². The van der Waals surface area contributed by atoms with Gasteiger partial charge in [0.15, 0.2) is 0 Å². The summed E-state index contributed by atoms with van der Waals surface area (Å²) in [5.41, 5.74) is 1.11. The molecular formula is C22H20F2N2O3S. The number of carbonyl (C=O) groups excluding carboxylic acids is 1. The van der Waals surface area contributed by atoms with Crippen molar-refractivity contribution in [2.45, 2.75) is 18.7 Å². The van der Waals surface area contributed by atoms with Crippen molar-refractivity contribution in [1.82, 2.24) is 0 Å². The molecule has 5 nitrogen and oxygen atoms in total. The molecule has 0 saturated heterocycles. The van der Waals surface area contributed by atoms with E-state index in [9.17, 15) is 22.0 Å². The van der Waals surface area contributed by atoms with Crippen molar-refractivity contribution in [3.63, 3.8) is 0 Å². The fourth-order valence-electron chi connectivity index (χ4n) is 2.93. The lowest BCUT2D eigenvalue weighted by molar-refractivity contribution is -0.114. The molecule has 0 bridgehead atoms. The van der Waals surface area contributed by atoms with Gasteiger partial charge in [0.25, 0.3) is 10.0 Å². The van der Waals surface area contributed by atoms with Crippen molar-refractivity contribution in [2.75, 3.05) is 16.2 Å². The second-order valence-corrected chi connectivity index (χ2v) is 8.62. The Labute approximate surface area is 174 Å². The van der Waals surface area contributed by atoms with E-state index in [1.807, 2.05) is 6.07 Å². The molecule has 0 atom stereocenters. The van der Waals surface area contributed by atoms with Crippen LogP contribution in [0, 0.1) is 25.5 Å². The van der Waals surface area contributed by atoms with Crippen LogP contribution in [0.15, 0.2) is 71.6 Å². The molecule has 0 spiro atoms. The van der Waals surface area contributed by atoms with Gasteiger partial charge >= 0.3 is 0 Å². The van der Waals surface area contributed by atoms with E-state index in [4.69, 9.17) is 0 Å². The van der Waals surface area contributed by atoms with Gasteiger partial charge in [0.1, 0.15) is 23.9 Å². The summed E-state index contributed by atoms with van der Waals surface area (Å²) in [4.78, 5) is 12.6. The van der Waals surface area contributed by atoms with Crippen LogP contribution in [0.5, 0.6) is 0 Å². The van der Waals surface area contributed by atoms with Crippen LogP contribution in [0.25, 0.3) is 0 Å². The monoisotopic (exact) mass is 430 g/mol. The molecule has 0 aliphatic rings. The van der Waals surface area contributed by atoms with Crippen molar-refractivity contribution in [3.05, 3.63) is 89.5 Å². The highest BCUT2D eigenvalue weighted by Gasteiger charge is 2.28. The van der Waals surface area contributed by atoms with Gasteiger partial charge in [0, 0.05) is 0 Å². The van der Waals surface area contributed by atoms with Crippen LogP contribution >= 0.6 is 0 Å². The number of benzene rings is 3. The first kappa shape index (κ1) is 21.4. The van der Waals surface area contributed by atoms with E-state index >= 15 is 0 Å². The summed E-state index contributed by atoms with van der Waals surface area (Å²) in [6, 6.07) is 16.0. The average molecular weight is 430 g/mol. The number of carbonyl (C=O) groups is 1. The van der Waals surface area contributed by atoms with Crippen molar-refractivity contribution < 1.29 is 22.0 Å². The summed E-state index contributed by atoms with van der Waals surface area (Å²) in [7, 11) is -4.12. The van der Waals surface area contributed by atoms with Gasteiger partial charge in [0.2, 0.25) is 5.91 Å². The Bertz CT molecular complexity index is 1160. The van der Waals surface area contributed by atoms with Gasteiger partial charge in [-0.3, -0.25) is 9.10 Å². The third-order valence-corrected chi connectivity index (χ3v) is 6.25. The topological polar surface area (TPSA) is 66.5 Å². The molecule has 0 aliphatic heterocycles. The number of amides is 1. The summed E-state index contributed by atoms with van der Waals surface area (Å²) in [5.74, 6) is -2.78. The molecule has 0 aromatic heterocycles. The Morgan fingerprint density at radius 1 is 0.933 bits per heavy atom. The number of rotatable bonds is 6. The predicted octanol–water partition coefficient (Wildman–Crippen LogP) is 4.42. The highest BCUT2D eigenvalue weighted by atomic mass is 32.2. The fraction of sp³-hybridized carbons (Fsp3) is 0.136. The summed E-state index contributed by atoms with van der Waals surface area (Å²) >= 11 is 0. The van der Waals surface area contributed by atoms with E-state index in [-0.39, 0.29) is 4.90 Å². The maximum Gasteiger partial charge on any atom is 0.264 e. The molecular weight excluding hydrogens is 410 g/mol. The van der Waals surface area contributed by atoms with Gasteiger partial charge in [-0.25, -0.2) is 17.2 Å². The standard InChI is InChI=1S/C22H20F2N2O3S/c1-15-11-12-16(2)20(13-15)26(30(28,29)17-7-4-3-5-8-17)14-21(27)25-22-18(23)9-6-10-19(22)24/h3-13H,14H2,1-2H3,(H,25,27). The molecule has 1 amide bonds. The van der Waals surface area contributed by atoms with Crippen LogP contribution in [0.1, 0.15) is 11.1 Å². The van der Waals surface area contributed by atoms with Crippen molar-refractivity contribution in [2.24, 2.45) is 0 Å². The van der Waals surface area contributed by atoms with Crippen LogP contribution in [0.4, 0.5) is 20.2 Å². The van der Waals surface area contributed by atoms with Crippen molar-refractivity contribution in [1.29, 1.82) is 0 Å². The Balaban J connectivity index is 2.02. The van der Waals surface area contributed by atoms with E-state index in [2.05, 4.69) is 5.32 Å². The zero-order valence-corrected chi connectivity index (χ0v) is 17.2. The lowest BCUT2D eigenvalue weighted by Crippen LogP contribution is -2.38. The van der Waals surface area contributed by atoms with Crippen LogP contribution in [-0.4, -0.2) is 20.9 Å². The number of nitrogens with one attached hydrogen (secondary N) is 1. The second-order valence-electron chi connectivity index (χ2n) is 6.76. The third kappa shape index (κ3) is 4.49. The average Bonchev–Trinajstić information content (AvgIpc) is 2.71. The van der Waals surface area contributed by atoms with Crippen molar-refractivity contribution >= 4 is 27.3 Å². The number of halogens is 2. The molecule has 0 fully saturated rings. The van der Waals surface area contributed by atoms with E-state index in [0.717, 1.165) is 22.0 Å². The number of anilines is 2. The Morgan fingerprint density at radius 3 is 2.20 bits per heavy atom. The number of aryl methyl sites for hydroxylation is 2. The Kier molecular flexibility index (Phi) is 6.17. The summed E-state index contributed by atoms with van der Waals surface area (Å²) in [6.45, 7) is 2.86. The molecule has 0 unspecified atom stereocenters. The second kappa shape index (κ2) is 8.62. The van der Waals surface area contributed by atoms with Crippen molar-refractivity contribution in [3.8, 4) is 0 Å². The molecule has 0 heterocycles. The lowest BCUT2D eigenvalue weighted by Gasteiger charge is -2.26. The zero-order chi connectivity index (χ0) is 21.9. The molecule has 0 radical (unpaired) electrons. The predicted molar refractivity (Wildman–Crippen MR) is 112 cm³/mol. The first-order chi connectivity index (χ1) is 14.2. The maximum absolute atomic E-state index is 13.9. The van der Waals surface area contributed by atoms with Crippen LogP contribution in [0.3, 0.4) is 0 Å². The molecule has 3 aromatic rings. The SMILES string of the molecule is Cc1ccc(C)c(N(CC(=O)Nc2c(F)cccc2F)S(=O)(=O)c2ccccc2)c1. The molecule has 0 saturated carbocycles. The highest BCUT2D eigenvalue weighted by Crippen LogP contribution is 2.28. The summed E-state index contributed by atoms with van der Waals surface area (Å²) < 4.78 is 55.4. The summed E-state index contributed by atoms with van der Waals surface area (Å²) in [6.07, 6.45) is 0. The quantitative estimate of drug-likeness (QED) is 0.630. The number of para-hydroxylation sites is 1. The molecule has 3 aromatic carbocycles. The lowest BCUT2D eigenvalue weighted by atomic mass is 10.1. The maximum atomic E-state index is 13.9. The third-order valence-electron chi connectivity index (χ3n) is 4.48. The Hall–Kier alpha value is -3.26. The number of hydrogen-bond acceptors (Lipinski definition) is 3. The molecule has 156 valence electrons. The first-order valence-corrected chi connectivity index (χ1v) is 10.5. The number of hydrogen-bond donors (Lipinski definition) is 1. The minimum atomic E-state index is -4.12. The highest BCUT2D eigenvalue weighted by molar-refractivity contribution is 7.92. The Morgan fingerprint density at radius 2 is 1.57 bits per heavy atom. The summed E-state index contributed by atoms with van der Waals surface area (Å²) in [5, 5.41) is 2.14. The van der Waals surface area contributed by atoms with Gasteiger partial charge in [-0.1, -0.05) is 36.4 Å². The normalized spacial score (nSPS) is 11.2. The molecule has 8 heteroatoms. The van der Waals surface area contributed by atoms with E-state index in [1.54, 1.807) is 44.2 Å². The largest absolute Gasteiger partial charge is 0.320 e. The minimum absolute atomic E-state index is 0.00391. The minimum Gasteiger partial charge on any atom is -0.320 e. The van der Waals surface area contributed by atoms with Gasteiger partial charge in [-0.05, 0) is 55.3 Å². The zero-order valence-electron chi connectivity index (χ0n) is 16.4. The number of sulfonamides is 1. The van der Waals surface area contributed by atoms with Gasteiger partial charge in [-0.2, -0.15) is 0 Å². The number of nitrogens with zero attached hydrogens (tertiary/aromatic N) is 1. The van der Waals surface area contributed by atoms with Crippen LogP contribution in [0.2, 0.25) is 0 Å². The smallest absolute Gasteiger partial charge is 0.264 e. The van der Waals surface area contributed by atoms with Gasteiger partial charge < -0.3 is 5.32 Å². The van der Waals surface area contributed by atoms with Crippen LogP contribution < -0.4 is 9.62 Å². The molecule has 0 aliphatic carbocycles. The van der Waals surface area contributed by atoms with Gasteiger partial charge in [0.05, 0.1) is 10.6 Å². The van der Waals surface area contributed by atoms with E-state index < -0.39 is 39.8 Å². The molecule has 3 rings (SSSR count). The fourth-order valence-corrected chi connectivity index (χ4v) is 4.43. The first-order valence-electron chi connectivity index (χ1n) is 9.09. The van der Waals surface area contributed by atoms with E-state index in [0.29, 0.717) is 11.3 Å².